The van der Waals surface area contributed by atoms with Gasteiger partial charge in [0.1, 0.15) is 17.1 Å². The van der Waals surface area contributed by atoms with Gasteiger partial charge in [0, 0.05) is 12.6 Å². The molecule has 20 heavy (non-hydrogen) atoms. The summed E-state index contributed by atoms with van der Waals surface area (Å²) < 4.78 is 5.42. The Labute approximate surface area is 118 Å². The molecule has 0 aromatic carbocycles. The van der Waals surface area contributed by atoms with Gasteiger partial charge in [0.25, 0.3) is 0 Å². The monoisotopic (exact) mass is 282 g/mol. The largest absolute Gasteiger partial charge is 0.480 e. The number of furan rings is 1. The van der Waals surface area contributed by atoms with Gasteiger partial charge in [-0.25, -0.2) is 9.59 Å². The lowest BCUT2D eigenvalue weighted by atomic mass is 10.0. The lowest BCUT2D eigenvalue weighted by Gasteiger charge is -2.32. The van der Waals surface area contributed by atoms with Gasteiger partial charge in [-0.05, 0) is 40.7 Å². The number of likely N-dealkylation sites (N-methyl/N-ethyl adjacent to an activating group) is 1. The van der Waals surface area contributed by atoms with E-state index in [1.165, 1.54) is 25.8 Å². The number of rotatable bonds is 4. The Morgan fingerprint density at radius 1 is 1.40 bits per heavy atom. The predicted molar refractivity (Wildman–Crippen MR) is 74.6 cm³/mol. The Morgan fingerprint density at radius 3 is 2.35 bits per heavy atom. The minimum Gasteiger partial charge on any atom is -0.480 e. The second-order valence-corrected chi connectivity index (χ2v) is 5.46. The maximum atomic E-state index is 12.1. The van der Waals surface area contributed by atoms with Gasteiger partial charge >= 0.3 is 12.0 Å². The third-order valence-electron chi connectivity index (χ3n) is 3.55. The maximum Gasteiger partial charge on any atom is 0.329 e. The predicted octanol–water partition coefficient (Wildman–Crippen LogP) is 2.46. The van der Waals surface area contributed by atoms with Crippen molar-refractivity contribution < 1.29 is 19.1 Å². The topological polar surface area (TPSA) is 82.8 Å². The van der Waals surface area contributed by atoms with Crippen LogP contribution in [0.1, 0.15) is 43.9 Å². The summed E-state index contributed by atoms with van der Waals surface area (Å²) >= 11 is 0. The molecule has 0 saturated heterocycles. The van der Waals surface area contributed by atoms with Gasteiger partial charge in [-0.3, -0.25) is 0 Å². The van der Waals surface area contributed by atoms with Crippen LogP contribution in [-0.4, -0.2) is 34.6 Å². The Balaban J connectivity index is 2.81. The van der Waals surface area contributed by atoms with Crippen molar-refractivity contribution in [3.8, 4) is 0 Å². The fraction of sp³-hybridized carbons (Fsp3) is 0.571. The van der Waals surface area contributed by atoms with Crippen molar-refractivity contribution in [2.75, 3.05) is 7.05 Å². The standard InChI is InChI=1S/C14H22N2O4/c1-8-7-11(10(3)20-8)9(2)15-13(19)16(6)14(4,5)12(17)18/h7,9H,1-6H3,(H,15,19)(H,17,18). The zero-order valence-corrected chi connectivity index (χ0v) is 12.8. The average Bonchev–Trinajstić information content (AvgIpc) is 2.67. The summed E-state index contributed by atoms with van der Waals surface area (Å²) in [5, 5.41) is 11.9. The van der Waals surface area contributed by atoms with E-state index in [-0.39, 0.29) is 6.04 Å². The highest BCUT2D eigenvalue weighted by molar-refractivity contribution is 5.85. The molecule has 0 aliphatic heterocycles. The number of carbonyl (C=O) groups is 2. The van der Waals surface area contributed by atoms with Crippen molar-refractivity contribution in [3.05, 3.63) is 23.2 Å². The molecule has 2 N–H and O–H groups in total. The molecule has 0 spiro atoms. The Kier molecular flexibility index (Phi) is 4.47. The highest BCUT2D eigenvalue weighted by atomic mass is 16.4. The molecule has 6 nitrogen and oxygen atoms in total. The van der Waals surface area contributed by atoms with E-state index in [2.05, 4.69) is 5.32 Å². The van der Waals surface area contributed by atoms with E-state index in [1.54, 1.807) is 0 Å². The summed E-state index contributed by atoms with van der Waals surface area (Å²) in [5.74, 6) is 0.464. The number of aliphatic carboxylic acids is 1. The average molecular weight is 282 g/mol. The van der Waals surface area contributed by atoms with E-state index in [0.29, 0.717) is 0 Å². The fourth-order valence-corrected chi connectivity index (χ4v) is 1.84. The van der Waals surface area contributed by atoms with E-state index in [0.717, 1.165) is 17.1 Å². The number of urea groups is 1. The fourth-order valence-electron chi connectivity index (χ4n) is 1.84. The van der Waals surface area contributed by atoms with Gasteiger partial charge in [-0.15, -0.1) is 0 Å². The number of hydrogen-bond acceptors (Lipinski definition) is 3. The number of carboxylic acids is 1. The molecule has 0 aliphatic rings. The highest BCUT2D eigenvalue weighted by Gasteiger charge is 2.35. The second kappa shape index (κ2) is 5.56. The van der Waals surface area contributed by atoms with E-state index < -0.39 is 17.5 Å². The number of amides is 2. The van der Waals surface area contributed by atoms with Gasteiger partial charge in [-0.2, -0.15) is 0 Å². The third-order valence-corrected chi connectivity index (χ3v) is 3.55. The van der Waals surface area contributed by atoms with Crippen LogP contribution in [0.4, 0.5) is 4.79 Å². The van der Waals surface area contributed by atoms with Gasteiger partial charge in [0.05, 0.1) is 6.04 Å². The molecule has 1 rings (SSSR count). The summed E-state index contributed by atoms with van der Waals surface area (Å²) in [6, 6.07) is 1.16. The van der Waals surface area contributed by atoms with Crippen LogP contribution in [0.5, 0.6) is 0 Å². The van der Waals surface area contributed by atoms with Crippen LogP contribution < -0.4 is 5.32 Å². The number of nitrogens with zero attached hydrogens (tertiary/aromatic N) is 1. The van der Waals surface area contributed by atoms with Crippen LogP contribution >= 0.6 is 0 Å². The van der Waals surface area contributed by atoms with Gasteiger partial charge in [-0.1, -0.05) is 0 Å². The molecular formula is C14H22N2O4. The van der Waals surface area contributed by atoms with Crippen molar-refractivity contribution in [1.82, 2.24) is 10.2 Å². The number of carbonyl (C=O) groups excluding carboxylic acids is 1. The number of hydrogen-bond donors (Lipinski definition) is 2. The van der Waals surface area contributed by atoms with E-state index >= 15 is 0 Å². The molecule has 0 fully saturated rings. The van der Waals surface area contributed by atoms with Crippen molar-refractivity contribution >= 4 is 12.0 Å². The lowest BCUT2D eigenvalue weighted by molar-refractivity contribution is -0.146. The summed E-state index contributed by atoms with van der Waals surface area (Å²) in [7, 11) is 1.46. The minimum absolute atomic E-state index is 0.257. The summed E-state index contributed by atoms with van der Waals surface area (Å²) in [5.41, 5.74) is -0.386. The molecule has 1 aromatic heterocycles. The Hall–Kier alpha value is -1.98. The molecule has 0 bridgehead atoms. The first-order valence-electron chi connectivity index (χ1n) is 6.42. The zero-order valence-electron chi connectivity index (χ0n) is 12.8. The molecule has 0 saturated carbocycles. The summed E-state index contributed by atoms with van der Waals surface area (Å²) in [6.45, 7) is 8.46. The molecule has 0 aliphatic carbocycles. The molecule has 2 amide bonds. The van der Waals surface area contributed by atoms with E-state index in [1.807, 2.05) is 26.8 Å². The van der Waals surface area contributed by atoms with Crippen LogP contribution in [-0.2, 0) is 4.79 Å². The SMILES string of the molecule is Cc1cc(C(C)NC(=O)N(C)C(C)(C)C(=O)O)c(C)o1. The van der Waals surface area contributed by atoms with Crippen LogP contribution in [0.2, 0.25) is 0 Å². The van der Waals surface area contributed by atoms with Crippen molar-refractivity contribution in [2.24, 2.45) is 0 Å². The Morgan fingerprint density at radius 2 is 1.95 bits per heavy atom. The second-order valence-electron chi connectivity index (χ2n) is 5.46. The van der Waals surface area contributed by atoms with Crippen LogP contribution in [0.15, 0.2) is 10.5 Å². The van der Waals surface area contributed by atoms with Crippen LogP contribution in [0, 0.1) is 13.8 Å². The molecule has 1 aromatic rings. The first kappa shape index (κ1) is 16.1. The van der Waals surface area contributed by atoms with Gasteiger partial charge in [0.15, 0.2) is 0 Å². The summed E-state index contributed by atoms with van der Waals surface area (Å²) in [4.78, 5) is 24.4. The van der Waals surface area contributed by atoms with Crippen LogP contribution in [0.25, 0.3) is 0 Å². The zero-order chi connectivity index (χ0) is 15.7. The van der Waals surface area contributed by atoms with Gasteiger partial charge < -0.3 is 19.7 Å². The first-order valence-corrected chi connectivity index (χ1v) is 6.42. The minimum atomic E-state index is -1.27. The molecule has 1 heterocycles. The smallest absolute Gasteiger partial charge is 0.329 e. The molecule has 1 unspecified atom stereocenters. The highest BCUT2D eigenvalue weighted by Crippen LogP contribution is 2.22. The van der Waals surface area contributed by atoms with Crippen molar-refractivity contribution in [3.63, 3.8) is 0 Å². The normalized spacial score (nSPS) is 12.9. The molecule has 0 radical (unpaired) electrons. The molecule has 1 atom stereocenters. The lowest BCUT2D eigenvalue weighted by Crippen LogP contribution is -2.54. The number of carboxylic acid groups (broad SMARTS) is 1. The van der Waals surface area contributed by atoms with Crippen LogP contribution in [0.3, 0.4) is 0 Å². The maximum absolute atomic E-state index is 12.1. The van der Waals surface area contributed by atoms with E-state index in [9.17, 15) is 9.59 Å². The number of aryl methyl sites for hydroxylation is 2. The van der Waals surface area contributed by atoms with Crippen molar-refractivity contribution in [2.45, 2.75) is 46.2 Å². The van der Waals surface area contributed by atoms with E-state index in [4.69, 9.17) is 9.52 Å². The number of nitrogens with one attached hydrogen (secondary N) is 1. The molecule has 112 valence electrons. The summed E-state index contributed by atoms with van der Waals surface area (Å²) in [6.07, 6.45) is 0. The quantitative estimate of drug-likeness (QED) is 0.888. The molecular weight excluding hydrogens is 260 g/mol. The molecule has 6 heteroatoms. The Bertz CT molecular complexity index is 519. The van der Waals surface area contributed by atoms with Gasteiger partial charge in [0.2, 0.25) is 0 Å². The first-order chi connectivity index (χ1) is 9.07. The van der Waals surface area contributed by atoms with Crippen molar-refractivity contribution in [1.29, 1.82) is 0 Å². The third kappa shape index (κ3) is 3.12.